The number of benzene rings is 2. The SMILES string of the molecule is O=C(CCc1ccc2c(c1)OCCCO2)Nc1ccc(Br)cc1O. The van der Waals surface area contributed by atoms with Gasteiger partial charge in [-0.2, -0.15) is 0 Å². The summed E-state index contributed by atoms with van der Waals surface area (Å²) in [5, 5.41) is 12.5. The number of carbonyl (C=O) groups excluding carboxylic acids is 1. The van der Waals surface area contributed by atoms with E-state index >= 15 is 0 Å². The highest BCUT2D eigenvalue weighted by atomic mass is 79.9. The molecule has 2 N–H and O–H groups in total. The summed E-state index contributed by atoms with van der Waals surface area (Å²) in [5.74, 6) is 1.37. The number of aryl methyl sites for hydroxylation is 1. The maximum absolute atomic E-state index is 12.1. The predicted octanol–water partition coefficient (Wildman–Crippen LogP) is 3.89. The summed E-state index contributed by atoms with van der Waals surface area (Å²) in [6, 6.07) is 10.7. The number of halogens is 1. The monoisotopic (exact) mass is 391 g/mol. The van der Waals surface area contributed by atoms with Crippen LogP contribution in [-0.4, -0.2) is 24.2 Å². The highest BCUT2D eigenvalue weighted by molar-refractivity contribution is 9.10. The van der Waals surface area contributed by atoms with Crippen molar-refractivity contribution in [3.8, 4) is 17.2 Å². The topological polar surface area (TPSA) is 67.8 Å². The van der Waals surface area contributed by atoms with Crippen molar-refractivity contribution in [3.05, 3.63) is 46.4 Å². The number of ether oxygens (including phenoxy) is 2. The number of carbonyl (C=O) groups is 1. The Balaban J connectivity index is 1.59. The van der Waals surface area contributed by atoms with E-state index in [2.05, 4.69) is 21.2 Å². The van der Waals surface area contributed by atoms with Crippen molar-refractivity contribution >= 4 is 27.5 Å². The molecule has 0 unspecified atom stereocenters. The van der Waals surface area contributed by atoms with Crippen LogP contribution in [0.15, 0.2) is 40.9 Å². The molecule has 0 bridgehead atoms. The van der Waals surface area contributed by atoms with Crippen molar-refractivity contribution < 1.29 is 19.4 Å². The van der Waals surface area contributed by atoms with Gasteiger partial charge in [-0.05, 0) is 42.3 Å². The van der Waals surface area contributed by atoms with Crippen LogP contribution in [0.2, 0.25) is 0 Å². The zero-order chi connectivity index (χ0) is 16.9. The second kappa shape index (κ2) is 7.57. The number of anilines is 1. The van der Waals surface area contributed by atoms with Gasteiger partial charge in [0.1, 0.15) is 5.75 Å². The highest BCUT2D eigenvalue weighted by Gasteiger charge is 2.12. The van der Waals surface area contributed by atoms with Crippen LogP contribution in [-0.2, 0) is 11.2 Å². The molecule has 0 fully saturated rings. The molecule has 2 aromatic rings. The third kappa shape index (κ3) is 4.20. The Morgan fingerprint density at radius 1 is 1.12 bits per heavy atom. The minimum absolute atomic E-state index is 0.0355. The average molecular weight is 392 g/mol. The number of amides is 1. The van der Waals surface area contributed by atoms with E-state index in [1.807, 2.05) is 18.2 Å². The van der Waals surface area contributed by atoms with Gasteiger partial charge in [-0.1, -0.05) is 22.0 Å². The molecule has 0 atom stereocenters. The number of aromatic hydroxyl groups is 1. The van der Waals surface area contributed by atoms with Crippen LogP contribution in [0, 0.1) is 0 Å². The van der Waals surface area contributed by atoms with E-state index in [0.29, 0.717) is 31.7 Å². The second-order valence-corrected chi connectivity index (χ2v) is 6.46. The molecule has 3 rings (SSSR count). The number of rotatable bonds is 4. The van der Waals surface area contributed by atoms with E-state index in [1.165, 1.54) is 0 Å². The lowest BCUT2D eigenvalue weighted by molar-refractivity contribution is -0.116. The molecule has 126 valence electrons. The minimum Gasteiger partial charge on any atom is -0.506 e. The maximum atomic E-state index is 12.1. The largest absolute Gasteiger partial charge is 0.506 e. The van der Waals surface area contributed by atoms with E-state index in [4.69, 9.17) is 9.47 Å². The highest BCUT2D eigenvalue weighted by Crippen LogP contribution is 2.31. The Hall–Kier alpha value is -2.21. The van der Waals surface area contributed by atoms with Gasteiger partial charge in [-0.15, -0.1) is 0 Å². The summed E-state index contributed by atoms with van der Waals surface area (Å²) in [6.07, 6.45) is 1.76. The van der Waals surface area contributed by atoms with Crippen molar-refractivity contribution in [3.63, 3.8) is 0 Å². The van der Waals surface area contributed by atoms with Gasteiger partial charge in [0.25, 0.3) is 0 Å². The summed E-state index contributed by atoms with van der Waals surface area (Å²) >= 11 is 3.26. The Bertz CT molecular complexity index is 748. The average Bonchev–Trinajstić information content (AvgIpc) is 2.80. The van der Waals surface area contributed by atoms with E-state index in [9.17, 15) is 9.90 Å². The fraction of sp³-hybridized carbons (Fsp3) is 0.278. The Morgan fingerprint density at radius 2 is 1.92 bits per heavy atom. The van der Waals surface area contributed by atoms with E-state index in [1.54, 1.807) is 18.2 Å². The predicted molar refractivity (Wildman–Crippen MR) is 94.8 cm³/mol. The van der Waals surface area contributed by atoms with Crippen LogP contribution in [0.3, 0.4) is 0 Å². The van der Waals surface area contributed by atoms with Gasteiger partial charge in [0, 0.05) is 17.3 Å². The van der Waals surface area contributed by atoms with Crippen molar-refractivity contribution in [1.29, 1.82) is 0 Å². The number of phenolic OH excluding ortho intramolecular Hbond substituents is 1. The zero-order valence-corrected chi connectivity index (χ0v) is 14.6. The molecule has 24 heavy (non-hydrogen) atoms. The van der Waals surface area contributed by atoms with Crippen LogP contribution in [0.25, 0.3) is 0 Å². The molecule has 6 heteroatoms. The third-order valence-electron chi connectivity index (χ3n) is 3.69. The molecule has 2 aromatic carbocycles. The summed E-state index contributed by atoms with van der Waals surface area (Å²) in [6.45, 7) is 1.30. The Kier molecular flexibility index (Phi) is 5.25. The van der Waals surface area contributed by atoms with Gasteiger partial charge in [-0.3, -0.25) is 4.79 Å². The molecule has 0 radical (unpaired) electrons. The van der Waals surface area contributed by atoms with Crippen molar-refractivity contribution in [1.82, 2.24) is 0 Å². The molecular formula is C18H18BrNO4. The van der Waals surface area contributed by atoms with Gasteiger partial charge in [0.05, 0.1) is 18.9 Å². The number of nitrogens with one attached hydrogen (secondary N) is 1. The first-order valence-electron chi connectivity index (χ1n) is 7.79. The minimum atomic E-state index is -0.153. The molecule has 0 saturated heterocycles. The molecule has 1 aliphatic heterocycles. The van der Waals surface area contributed by atoms with E-state index in [-0.39, 0.29) is 11.7 Å². The van der Waals surface area contributed by atoms with Gasteiger partial charge in [0.15, 0.2) is 11.5 Å². The standard InChI is InChI=1S/C18H18BrNO4/c19-13-4-5-14(15(21)11-13)20-18(22)7-3-12-2-6-16-17(10-12)24-9-1-8-23-16/h2,4-6,10-11,21H,1,3,7-9H2,(H,20,22). The third-order valence-corrected chi connectivity index (χ3v) is 4.18. The fourth-order valence-electron chi connectivity index (χ4n) is 2.44. The first-order chi connectivity index (χ1) is 11.6. The Morgan fingerprint density at radius 3 is 2.71 bits per heavy atom. The molecule has 0 aliphatic carbocycles. The van der Waals surface area contributed by atoms with E-state index < -0.39 is 0 Å². The Labute approximate surface area is 148 Å². The van der Waals surface area contributed by atoms with Gasteiger partial charge in [-0.25, -0.2) is 0 Å². The molecule has 1 aliphatic rings. The lowest BCUT2D eigenvalue weighted by Gasteiger charge is -2.10. The summed E-state index contributed by atoms with van der Waals surface area (Å²) in [7, 11) is 0. The molecule has 0 saturated carbocycles. The summed E-state index contributed by atoms with van der Waals surface area (Å²) in [5.41, 5.74) is 1.41. The number of fused-ring (bicyclic) bond motifs is 1. The van der Waals surface area contributed by atoms with Crippen LogP contribution in [0.4, 0.5) is 5.69 Å². The van der Waals surface area contributed by atoms with E-state index in [0.717, 1.165) is 28.0 Å². The molecule has 5 nitrogen and oxygen atoms in total. The summed E-state index contributed by atoms with van der Waals surface area (Å²) in [4.78, 5) is 12.1. The summed E-state index contributed by atoms with van der Waals surface area (Å²) < 4.78 is 12.0. The van der Waals surface area contributed by atoms with Crippen LogP contribution in [0.1, 0.15) is 18.4 Å². The zero-order valence-electron chi connectivity index (χ0n) is 13.0. The molecular weight excluding hydrogens is 374 g/mol. The quantitative estimate of drug-likeness (QED) is 0.775. The van der Waals surface area contributed by atoms with Crippen LogP contribution in [0.5, 0.6) is 17.2 Å². The molecule has 1 heterocycles. The van der Waals surface area contributed by atoms with Gasteiger partial charge < -0.3 is 19.9 Å². The second-order valence-electron chi connectivity index (χ2n) is 5.54. The van der Waals surface area contributed by atoms with Crippen LogP contribution < -0.4 is 14.8 Å². The van der Waals surface area contributed by atoms with Crippen molar-refractivity contribution in [2.45, 2.75) is 19.3 Å². The normalized spacial score (nSPS) is 13.2. The van der Waals surface area contributed by atoms with Crippen LogP contribution >= 0.6 is 15.9 Å². The molecule has 1 amide bonds. The fourth-order valence-corrected chi connectivity index (χ4v) is 2.79. The number of phenols is 1. The van der Waals surface area contributed by atoms with Crippen molar-refractivity contribution in [2.75, 3.05) is 18.5 Å². The molecule has 0 spiro atoms. The lowest BCUT2D eigenvalue weighted by atomic mass is 10.1. The van der Waals surface area contributed by atoms with Gasteiger partial charge in [0.2, 0.25) is 5.91 Å². The first kappa shape index (κ1) is 16.6. The number of hydrogen-bond donors (Lipinski definition) is 2. The van der Waals surface area contributed by atoms with Gasteiger partial charge >= 0.3 is 0 Å². The van der Waals surface area contributed by atoms with Crippen molar-refractivity contribution in [2.24, 2.45) is 0 Å². The maximum Gasteiger partial charge on any atom is 0.224 e. The first-order valence-corrected chi connectivity index (χ1v) is 8.58. The lowest BCUT2D eigenvalue weighted by Crippen LogP contribution is -2.12. The molecule has 0 aromatic heterocycles. The number of hydrogen-bond acceptors (Lipinski definition) is 4. The smallest absolute Gasteiger partial charge is 0.224 e.